The lowest BCUT2D eigenvalue weighted by molar-refractivity contribution is -0.133. The van der Waals surface area contributed by atoms with Crippen LogP contribution < -0.4 is 5.32 Å². The van der Waals surface area contributed by atoms with Gasteiger partial charge in [0, 0.05) is 13.1 Å². The van der Waals surface area contributed by atoms with Crippen molar-refractivity contribution in [2.45, 2.75) is 58.6 Å². The maximum atomic E-state index is 13.0. The molecule has 1 fully saturated rings. The third-order valence-electron chi connectivity index (χ3n) is 4.84. The molecule has 0 saturated carbocycles. The fourth-order valence-electron chi connectivity index (χ4n) is 3.28. The van der Waals surface area contributed by atoms with Gasteiger partial charge in [-0.1, -0.05) is 31.2 Å². The maximum absolute atomic E-state index is 13.0. The summed E-state index contributed by atoms with van der Waals surface area (Å²) in [5.74, 6) is -0.00784. The zero-order valence-electron chi connectivity index (χ0n) is 17.8. The van der Waals surface area contributed by atoms with Crippen LogP contribution in [0.5, 0.6) is 0 Å². The van der Waals surface area contributed by atoms with Gasteiger partial charge >= 0.3 is 6.09 Å². The molecule has 2 rings (SSSR count). The van der Waals surface area contributed by atoms with E-state index in [0.717, 1.165) is 24.8 Å². The van der Waals surface area contributed by atoms with Crippen molar-refractivity contribution < 1.29 is 14.3 Å². The highest BCUT2D eigenvalue weighted by atomic mass is 16.6. The first-order valence-electron chi connectivity index (χ1n) is 10.1. The smallest absolute Gasteiger partial charge is 0.408 e. The molecule has 156 valence electrons. The van der Waals surface area contributed by atoms with Gasteiger partial charge in [0.15, 0.2) is 0 Å². The number of nitrogens with one attached hydrogen (secondary N) is 1. The Bertz CT molecular complexity index is 772. The minimum atomic E-state index is -0.602. The molecular formula is C23H31N3O3. The Balaban J connectivity index is 1.94. The van der Waals surface area contributed by atoms with E-state index < -0.39 is 17.7 Å². The minimum Gasteiger partial charge on any atom is -0.444 e. The summed E-state index contributed by atoms with van der Waals surface area (Å²) in [7, 11) is 0. The van der Waals surface area contributed by atoms with Crippen LogP contribution >= 0.6 is 0 Å². The van der Waals surface area contributed by atoms with Crippen LogP contribution in [-0.2, 0) is 16.0 Å². The van der Waals surface area contributed by atoms with Gasteiger partial charge in [-0.3, -0.25) is 4.79 Å². The lowest BCUT2D eigenvalue weighted by Gasteiger charge is -2.28. The molecule has 1 aliphatic rings. The fraction of sp³-hybridized carbons (Fsp3) is 0.522. The molecule has 1 saturated heterocycles. The quantitative estimate of drug-likeness (QED) is 0.766. The SMILES string of the molecule is CC1CCCN(C/C=C/Cc2ccc(C#N)cc2)C(=O)[C@H]1NC(=O)OC(C)(C)C. The number of benzene rings is 1. The Morgan fingerprint density at radius 2 is 2.00 bits per heavy atom. The number of hydrogen-bond donors (Lipinski definition) is 1. The molecule has 0 spiro atoms. The molecule has 2 amide bonds. The fourth-order valence-corrected chi connectivity index (χ4v) is 3.28. The van der Waals surface area contributed by atoms with E-state index in [9.17, 15) is 9.59 Å². The molecule has 0 radical (unpaired) electrons. The highest BCUT2D eigenvalue weighted by Gasteiger charge is 2.33. The van der Waals surface area contributed by atoms with E-state index in [1.165, 1.54) is 0 Å². The van der Waals surface area contributed by atoms with Gasteiger partial charge in [0.1, 0.15) is 11.6 Å². The van der Waals surface area contributed by atoms with Crippen LogP contribution in [0.3, 0.4) is 0 Å². The molecule has 0 aliphatic carbocycles. The number of nitriles is 1. The molecule has 1 heterocycles. The van der Waals surface area contributed by atoms with Crippen molar-refractivity contribution in [3.8, 4) is 6.07 Å². The Morgan fingerprint density at radius 1 is 1.31 bits per heavy atom. The molecule has 0 bridgehead atoms. The molecule has 6 heteroatoms. The summed E-state index contributed by atoms with van der Waals surface area (Å²) in [6.45, 7) is 8.58. The van der Waals surface area contributed by atoms with Gasteiger partial charge in [0.05, 0.1) is 11.6 Å². The van der Waals surface area contributed by atoms with Gasteiger partial charge in [0.25, 0.3) is 0 Å². The molecule has 29 heavy (non-hydrogen) atoms. The summed E-state index contributed by atoms with van der Waals surface area (Å²) in [4.78, 5) is 26.9. The largest absolute Gasteiger partial charge is 0.444 e. The maximum Gasteiger partial charge on any atom is 0.408 e. The summed E-state index contributed by atoms with van der Waals surface area (Å²) >= 11 is 0. The van der Waals surface area contributed by atoms with Gasteiger partial charge in [-0.25, -0.2) is 4.79 Å². The standard InChI is InChI=1S/C23H31N3O3/c1-17-8-7-15-26(21(27)20(17)25-22(28)29-23(2,3)4)14-6-5-9-18-10-12-19(16-24)13-11-18/h5-6,10-13,17,20H,7-9,14-15H2,1-4H3,(H,25,28)/b6-5+/t17?,20-/m0/s1. The van der Waals surface area contributed by atoms with Crippen molar-refractivity contribution in [1.29, 1.82) is 5.26 Å². The first-order chi connectivity index (χ1) is 13.7. The second-order valence-electron chi connectivity index (χ2n) is 8.51. The van der Waals surface area contributed by atoms with Gasteiger partial charge in [-0.05, 0) is 63.6 Å². The summed E-state index contributed by atoms with van der Waals surface area (Å²) in [6, 6.07) is 9.01. The van der Waals surface area contributed by atoms with Crippen molar-refractivity contribution in [3.05, 3.63) is 47.5 Å². The number of rotatable bonds is 5. The molecule has 1 aliphatic heterocycles. The summed E-state index contributed by atoms with van der Waals surface area (Å²) < 4.78 is 5.32. The lowest BCUT2D eigenvalue weighted by atomic mass is 9.97. The predicted molar refractivity (Wildman–Crippen MR) is 112 cm³/mol. The predicted octanol–water partition coefficient (Wildman–Crippen LogP) is 3.81. The van der Waals surface area contributed by atoms with E-state index in [1.807, 2.05) is 31.2 Å². The van der Waals surface area contributed by atoms with Gasteiger partial charge in [-0.2, -0.15) is 5.26 Å². The molecular weight excluding hydrogens is 366 g/mol. The number of ether oxygens (including phenoxy) is 1. The second-order valence-corrected chi connectivity index (χ2v) is 8.51. The van der Waals surface area contributed by atoms with Gasteiger partial charge in [-0.15, -0.1) is 0 Å². The number of hydrogen-bond acceptors (Lipinski definition) is 4. The highest BCUT2D eigenvalue weighted by molar-refractivity contribution is 5.86. The summed E-state index contributed by atoms with van der Waals surface area (Å²) in [6.07, 6.45) is 5.97. The number of amides is 2. The normalized spacial score (nSPS) is 20.2. The van der Waals surface area contributed by atoms with Crippen LogP contribution in [0.25, 0.3) is 0 Å². The van der Waals surface area contributed by atoms with Crippen molar-refractivity contribution in [2.24, 2.45) is 5.92 Å². The third-order valence-corrected chi connectivity index (χ3v) is 4.84. The third kappa shape index (κ3) is 7.26. The van der Waals surface area contributed by atoms with E-state index in [2.05, 4.69) is 11.4 Å². The first-order valence-corrected chi connectivity index (χ1v) is 10.1. The van der Waals surface area contributed by atoms with Crippen LogP contribution in [0.2, 0.25) is 0 Å². The number of allylic oxidation sites excluding steroid dienone is 1. The molecule has 1 aromatic rings. The van der Waals surface area contributed by atoms with E-state index >= 15 is 0 Å². The molecule has 0 aromatic heterocycles. The Labute approximate surface area is 173 Å². The van der Waals surface area contributed by atoms with Gasteiger partial charge in [0.2, 0.25) is 5.91 Å². The molecule has 1 unspecified atom stereocenters. The Morgan fingerprint density at radius 3 is 2.62 bits per heavy atom. The monoisotopic (exact) mass is 397 g/mol. The minimum absolute atomic E-state index is 0.0580. The van der Waals surface area contributed by atoms with Crippen molar-refractivity contribution >= 4 is 12.0 Å². The van der Waals surface area contributed by atoms with Crippen LogP contribution in [0.15, 0.2) is 36.4 Å². The summed E-state index contributed by atoms with van der Waals surface area (Å²) in [5, 5.41) is 11.6. The number of carbonyl (C=O) groups is 2. The van der Waals surface area contributed by atoms with Crippen LogP contribution in [0.4, 0.5) is 4.79 Å². The van der Waals surface area contributed by atoms with E-state index in [1.54, 1.807) is 37.8 Å². The lowest BCUT2D eigenvalue weighted by Crippen LogP contribution is -2.51. The van der Waals surface area contributed by atoms with Crippen LogP contribution in [0.1, 0.15) is 51.7 Å². The van der Waals surface area contributed by atoms with Crippen LogP contribution in [0, 0.1) is 17.2 Å². The van der Waals surface area contributed by atoms with Crippen molar-refractivity contribution in [1.82, 2.24) is 10.2 Å². The highest BCUT2D eigenvalue weighted by Crippen LogP contribution is 2.19. The molecule has 2 atom stereocenters. The summed E-state index contributed by atoms with van der Waals surface area (Å²) in [5.41, 5.74) is 1.15. The van der Waals surface area contributed by atoms with Crippen LogP contribution in [-0.4, -0.2) is 41.6 Å². The average molecular weight is 398 g/mol. The van der Waals surface area contributed by atoms with E-state index in [4.69, 9.17) is 10.00 Å². The Hall–Kier alpha value is -2.81. The number of alkyl carbamates (subject to hydrolysis) is 1. The van der Waals surface area contributed by atoms with Gasteiger partial charge < -0.3 is 15.0 Å². The topological polar surface area (TPSA) is 82.4 Å². The zero-order chi connectivity index (χ0) is 21.4. The second kappa shape index (κ2) is 10.1. The van der Waals surface area contributed by atoms with E-state index in [0.29, 0.717) is 18.7 Å². The molecule has 6 nitrogen and oxygen atoms in total. The van der Waals surface area contributed by atoms with E-state index in [-0.39, 0.29) is 11.8 Å². The Kier molecular flexibility index (Phi) is 7.83. The zero-order valence-corrected chi connectivity index (χ0v) is 17.8. The van der Waals surface area contributed by atoms with Crippen molar-refractivity contribution in [3.63, 3.8) is 0 Å². The van der Waals surface area contributed by atoms with Crippen molar-refractivity contribution in [2.75, 3.05) is 13.1 Å². The molecule has 1 aromatic carbocycles. The number of likely N-dealkylation sites (tertiary alicyclic amines) is 1. The molecule has 1 N–H and O–H groups in total. The first kappa shape index (κ1) is 22.5. The average Bonchev–Trinajstić information content (AvgIpc) is 2.78. The number of nitrogens with zero attached hydrogens (tertiary/aromatic N) is 2. The number of carbonyl (C=O) groups excluding carboxylic acids is 2.